The number of para-hydroxylation sites is 2. The smallest absolute Gasteiger partial charge is 0.298 e. The maximum atomic E-state index is 11.8. The number of benzene rings is 1. The molecule has 2 heterocycles. The average molecular weight is 280 g/mol. The van der Waals surface area contributed by atoms with Crippen molar-refractivity contribution in [3.63, 3.8) is 0 Å². The molecule has 1 atom stereocenters. The summed E-state index contributed by atoms with van der Waals surface area (Å²) >= 11 is 0. The number of anilines is 1. The zero-order chi connectivity index (χ0) is 13.5. The molecular weight excluding hydrogens is 264 g/mol. The molecule has 1 fully saturated rings. The Bertz CT molecular complexity index is 660. The molecule has 0 aliphatic carbocycles. The minimum atomic E-state index is -2.95. The predicted molar refractivity (Wildman–Crippen MR) is 74.0 cm³/mol. The van der Waals surface area contributed by atoms with Gasteiger partial charge in [-0.2, -0.15) is 4.98 Å². The fourth-order valence-electron chi connectivity index (χ4n) is 2.46. The first-order chi connectivity index (χ1) is 9.03. The van der Waals surface area contributed by atoms with E-state index in [4.69, 9.17) is 4.42 Å². The van der Waals surface area contributed by atoms with Crippen LogP contribution in [-0.2, 0) is 9.84 Å². The Morgan fingerprint density at radius 2 is 2.16 bits per heavy atom. The van der Waals surface area contributed by atoms with E-state index >= 15 is 0 Å². The fraction of sp³-hybridized carbons (Fsp3) is 0.462. The van der Waals surface area contributed by atoms with E-state index in [0.717, 1.165) is 11.1 Å². The monoisotopic (exact) mass is 280 g/mol. The first kappa shape index (κ1) is 12.5. The van der Waals surface area contributed by atoms with E-state index in [-0.39, 0.29) is 17.4 Å². The summed E-state index contributed by atoms with van der Waals surface area (Å²) in [5.41, 5.74) is 1.54. The van der Waals surface area contributed by atoms with Crippen molar-refractivity contribution in [2.75, 3.05) is 29.5 Å². The van der Waals surface area contributed by atoms with Crippen molar-refractivity contribution in [1.29, 1.82) is 0 Å². The molecule has 0 N–H and O–H groups in total. The molecule has 1 aliphatic rings. The molecule has 0 radical (unpaired) electrons. The van der Waals surface area contributed by atoms with E-state index in [0.29, 0.717) is 19.1 Å². The van der Waals surface area contributed by atoms with Gasteiger partial charge in [0.15, 0.2) is 15.4 Å². The first-order valence-corrected chi connectivity index (χ1v) is 8.16. The predicted octanol–water partition coefficient (Wildman–Crippen LogP) is 1.70. The summed E-state index contributed by atoms with van der Waals surface area (Å²) in [6, 6.07) is 8.08. The van der Waals surface area contributed by atoms with Gasteiger partial charge in [-0.3, -0.25) is 0 Å². The molecule has 19 heavy (non-hydrogen) atoms. The fourth-order valence-corrected chi connectivity index (χ4v) is 4.09. The lowest BCUT2D eigenvalue weighted by Crippen LogP contribution is -2.29. The Balaban J connectivity index is 1.92. The van der Waals surface area contributed by atoms with Crippen LogP contribution in [0.15, 0.2) is 28.7 Å². The van der Waals surface area contributed by atoms with Gasteiger partial charge < -0.3 is 9.32 Å². The summed E-state index contributed by atoms with van der Waals surface area (Å²) in [7, 11) is -2.95. The highest BCUT2D eigenvalue weighted by molar-refractivity contribution is 7.91. The van der Waals surface area contributed by atoms with Gasteiger partial charge in [-0.05, 0) is 18.1 Å². The SMILES string of the molecule is CC1CN(c2nc3ccccc3o2)CCS(=O)(=O)C1. The molecule has 0 amide bonds. The molecule has 0 saturated carbocycles. The molecule has 0 bridgehead atoms. The minimum Gasteiger partial charge on any atom is -0.423 e. The van der Waals surface area contributed by atoms with Crippen LogP contribution in [0.1, 0.15) is 6.92 Å². The van der Waals surface area contributed by atoms with E-state index < -0.39 is 9.84 Å². The van der Waals surface area contributed by atoms with Gasteiger partial charge in [0.25, 0.3) is 6.01 Å². The molecule has 6 heteroatoms. The van der Waals surface area contributed by atoms with Gasteiger partial charge in [0.05, 0.1) is 11.5 Å². The van der Waals surface area contributed by atoms with E-state index in [9.17, 15) is 8.42 Å². The van der Waals surface area contributed by atoms with Crippen molar-refractivity contribution in [3.8, 4) is 0 Å². The third-order valence-electron chi connectivity index (χ3n) is 3.30. The van der Waals surface area contributed by atoms with Crippen molar-refractivity contribution < 1.29 is 12.8 Å². The average Bonchev–Trinajstić information content (AvgIpc) is 2.71. The summed E-state index contributed by atoms with van der Waals surface area (Å²) in [4.78, 5) is 6.35. The molecule has 0 spiro atoms. The number of aromatic nitrogens is 1. The largest absolute Gasteiger partial charge is 0.423 e. The second kappa shape index (κ2) is 4.52. The van der Waals surface area contributed by atoms with Gasteiger partial charge in [0, 0.05) is 13.1 Å². The van der Waals surface area contributed by atoms with Crippen molar-refractivity contribution in [3.05, 3.63) is 24.3 Å². The van der Waals surface area contributed by atoms with Gasteiger partial charge >= 0.3 is 0 Å². The van der Waals surface area contributed by atoms with Crippen LogP contribution in [0.2, 0.25) is 0 Å². The van der Waals surface area contributed by atoms with Crippen LogP contribution in [0.25, 0.3) is 11.1 Å². The summed E-state index contributed by atoms with van der Waals surface area (Å²) in [5.74, 6) is 0.488. The second-order valence-electron chi connectivity index (χ2n) is 5.13. The number of rotatable bonds is 1. The summed E-state index contributed by atoms with van der Waals surface area (Å²) in [5, 5.41) is 0. The van der Waals surface area contributed by atoms with Crippen LogP contribution in [0.3, 0.4) is 0 Å². The molecule has 1 aromatic heterocycles. The normalized spacial score (nSPS) is 23.4. The van der Waals surface area contributed by atoms with E-state index in [1.807, 2.05) is 36.1 Å². The molecule has 102 valence electrons. The number of fused-ring (bicyclic) bond motifs is 1. The van der Waals surface area contributed by atoms with E-state index in [2.05, 4.69) is 4.98 Å². The topological polar surface area (TPSA) is 63.4 Å². The second-order valence-corrected chi connectivity index (χ2v) is 7.36. The summed E-state index contributed by atoms with van der Waals surface area (Å²) < 4.78 is 29.2. The minimum absolute atomic E-state index is 0.0857. The molecule has 2 aromatic rings. The van der Waals surface area contributed by atoms with E-state index in [1.54, 1.807) is 0 Å². The van der Waals surface area contributed by atoms with Crippen molar-refractivity contribution >= 4 is 27.0 Å². The Kier molecular flexibility index (Phi) is 2.97. The van der Waals surface area contributed by atoms with Crippen LogP contribution >= 0.6 is 0 Å². The van der Waals surface area contributed by atoms with Crippen LogP contribution in [-0.4, -0.2) is 38.0 Å². The molecule has 1 aliphatic heterocycles. The Hall–Kier alpha value is -1.56. The van der Waals surface area contributed by atoms with Gasteiger partial charge in [0.2, 0.25) is 0 Å². The van der Waals surface area contributed by atoms with E-state index in [1.165, 1.54) is 0 Å². The Morgan fingerprint density at radius 3 is 2.95 bits per heavy atom. The number of nitrogens with zero attached hydrogens (tertiary/aromatic N) is 2. The summed E-state index contributed by atoms with van der Waals surface area (Å²) in [6.07, 6.45) is 0. The molecule has 1 aromatic carbocycles. The highest BCUT2D eigenvalue weighted by atomic mass is 32.2. The Labute approximate surface area is 112 Å². The molecular formula is C13H16N2O3S. The van der Waals surface area contributed by atoms with Crippen LogP contribution in [0.5, 0.6) is 0 Å². The Morgan fingerprint density at radius 1 is 1.37 bits per heavy atom. The standard InChI is InChI=1S/C13H16N2O3S/c1-10-8-15(6-7-19(16,17)9-10)13-14-11-4-2-3-5-12(11)18-13/h2-5,10H,6-9H2,1H3. The zero-order valence-electron chi connectivity index (χ0n) is 10.7. The van der Waals surface area contributed by atoms with Crippen molar-refractivity contribution in [1.82, 2.24) is 4.98 Å². The molecule has 1 saturated heterocycles. The number of hydrogen-bond donors (Lipinski definition) is 0. The van der Waals surface area contributed by atoms with Gasteiger partial charge in [-0.15, -0.1) is 0 Å². The number of hydrogen-bond acceptors (Lipinski definition) is 5. The highest BCUT2D eigenvalue weighted by Crippen LogP contribution is 2.23. The lowest BCUT2D eigenvalue weighted by Gasteiger charge is -2.19. The van der Waals surface area contributed by atoms with Gasteiger partial charge in [0.1, 0.15) is 5.52 Å². The van der Waals surface area contributed by atoms with Crippen LogP contribution in [0, 0.1) is 5.92 Å². The highest BCUT2D eigenvalue weighted by Gasteiger charge is 2.26. The third-order valence-corrected chi connectivity index (χ3v) is 5.18. The van der Waals surface area contributed by atoms with Crippen molar-refractivity contribution in [2.45, 2.75) is 6.92 Å². The molecule has 5 nitrogen and oxygen atoms in total. The number of sulfone groups is 1. The summed E-state index contributed by atoms with van der Waals surface area (Å²) in [6.45, 7) is 3.05. The van der Waals surface area contributed by atoms with Gasteiger partial charge in [-0.25, -0.2) is 8.42 Å². The quantitative estimate of drug-likeness (QED) is 0.795. The zero-order valence-corrected chi connectivity index (χ0v) is 11.6. The van der Waals surface area contributed by atoms with Crippen LogP contribution in [0.4, 0.5) is 6.01 Å². The third kappa shape index (κ3) is 2.58. The number of oxazole rings is 1. The van der Waals surface area contributed by atoms with Crippen molar-refractivity contribution in [2.24, 2.45) is 5.92 Å². The van der Waals surface area contributed by atoms with Gasteiger partial charge in [-0.1, -0.05) is 19.1 Å². The molecule has 1 unspecified atom stereocenters. The van der Waals surface area contributed by atoms with Crippen LogP contribution < -0.4 is 4.90 Å². The maximum absolute atomic E-state index is 11.8. The lowest BCUT2D eigenvalue weighted by molar-refractivity contribution is 0.540. The first-order valence-electron chi connectivity index (χ1n) is 6.34. The molecule has 3 rings (SSSR count). The lowest BCUT2D eigenvalue weighted by atomic mass is 10.2. The maximum Gasteiger partial charge on any atom is 0.298 e.